The van der Waals surface area contributed by atoms with Gasteiger partial charge in [0.15, 0.2) is 8.32 Å². The summed E-state index contributed by atoms with van der Waals surface area (Å²) in [6.45, 7) is 8.45. The molecule has 15 heavy (non-hydrogen) atoms. The van der Waals surface area contributed by atoms with E-state index in [0.717, 1.165) is 5.56 Å². The molecule has 0 saturated heterocycles. The summed E-state index contributed by atoms with van der Waals surface area (Å²) in [4.78, 5) is 3.93. The van der Waals surface area contributed by atoms with Crippen LogP contribution in [-0.2, 0) is 4.43 Å². The third kappa shape index (κ3) is 3.82. The lowest BCUT2D eigenvalue weighted by Gasteiger charge is -2.23. The molecule has 0 aliphatic rings. The van der Waals surface area contributed by atoms with Crippen molar-refractivity contribution in [2.75, 3.05) is 0 Å². The third-order valence-electron chi connectivity index (χ3n) is 1.90. The van der Waals surface area contributed by atoms with Crippen LogP contribution in [0, 0.1) is 11.3 Å². The first-order valence-electron chi connectivity index (χ1n) is 4.96. The van der Waals surface area contributed by atoms with Gasteiger partial charge in [0, 0.05) is 6.20 Å². The second-order valence-corrected chi connectivity index (χ2v) is 8.92. The quantitative estimate of drug-likeness (QED) is 0.736. The van der Waals surface area contributed by atoms with Crippen LogP contribution in [0.25, 0.3) is 0 Å². The number of hydrogen-bond acceptors (Lipinski definition) is 3. The van der Waals surface area contributed by atoms with Crippen LogP contribution < -0.4 is 0 Å². The van der Waals surface area contributed by atoms with Gasteiger partial charge in [0.2, 0.25) is 0 Å². The lowest BCUT2D eigenvalue weighted by atomic mass is 10.1. The minimum Gasteiger partial charge on any atom is -0.411 e. The van der Waals surface area contributed by atoms with Gasteiger partial charge in [-0.1, -0.05) is 0 Å². The molecule has 0 amide bonds. The highest BCUT2D eigenvalue weighted by molar-refractivity contribution is 6.69. The van der Waals surface area contributed by atoms with Crippen molar-refractivity contribution in [3.05, 3.63) is 29.6 Å². The number of hydrogen-bond donors (Lipinski definition) is 0. The summed E-state index contributed by atoms with van der Waals surface area (Å²) in [5.41, 5.74) is 1.46. The molecular formula is C11H16N2OSi. The van der Waals surface area contributed by atoms with E-state index in [0.29, 0.717) is 5.69 Å². The summed E-state index contributed by atoms with van der Waals surface area (Å²) in [6, 6.07) is 5.71. The van der Waals surface area contributed by atoms with Crippen molar-refractivity contribution in [1.29, 1.82) is 5.26 Å². The van der Waals surface area contributed by atoms with Gasteiger partial charge in [-0.15, -0.1) is 0 Å². The Hall–Kier alpha value is -1.18. The van der Waals surface area contributed by atoms with Crippen LogP contribution in [0.4, 0.5) is 0 Å². The van der Waals surface area contributed by atoms with Gasteiger partial charge >= 0.3 is 0 Å². The van der Waals surface area contributed by atoms with Crippen molar-refractivity contribution in [2.45, 2.75) is 32.7 Å². The zero-order valence-corrected chi connectivity index (χ0v) is 10.6. The molecule has 1 aromatic rings. The SMILES string of the molecule is CC(O[Si](C)(C)C)c1ccnc(C#N)c1. The van der Waals surface area contributed by atoms with Crippen LogP contribution in [-0.4, -0.2) is 13.3 Å². The van der Waals surface area contributed by atoms with Crippen molar-refractivity contribution in [2.24, 2.45) is 0 Å². The van der Waals surface area contributed by atoms with Crippen molar-refractivity contribution >= 4 is 8.32 Å². The van der Waals surface area contributed by atoms with Crippen LogP contribution in [0.1, 0.15) is 24.3 Å². The van der Waals surface area contributed by atoms with Gasteiger partial charge in [-0.3, -0.25) is 0 Å². The second-order valence-electron chi connectivity index (χ2n) is 4.46. The van der Waals surface area contributed by atoms with Crippen molar-refractivity contribution in [3.63, 3.8) is 0 Å². The first-order chi connectivity index (χ1) is 6.92. The van der Waals surface area contributed by atoms with Gasteiger partial charge in [-0.2, -0.15) is 5.26 Å². The Kier molecular flexibility index (Phi) is 3.61. The van der Waals surface area contributed by atoms with E-state index in [-0.39, 0.29) is 6.10 Å². The summed E-state index contributed by atoms with van der Waals surface area (Å²) < 4.78 is 5.92. The molecule has 0 spiro atoms. The Bertz CT molecular complexity index is 379. The molecule has 3 nitrogen and oxygen atoms in total. The fourth-order valence-electron chi connectivity index (χ4n) is 1.36. The van der Waals surface area contributed by atoms with Crippen molar-refractivity contribution in [1.82, 2.24) is 4.98 Å². The van der Waals surface area contributed by atoms with Crippen LogP contribution in [0.3, 0.4) is 0 Å². The van der Waals surface area contributed by atoms with Crippen molar-refractivity contribution < 1.29 is 4.43 Å². The molecule has 1 atom stereocenters. The average Bonchev–Trinajstić information content (AvgIpc) is 2.15. The summed E-state index contributed by atoms with van der Waals surface area (Å²) in [7, 11) is -1.53. The topological polar surface area (TPSA) is 45.9 Å². The van der Waals surface area contributed by atoms with Gasteiger partial charge in [0.25, 0.3) is 0 Å². The monoisotopic (exact) mass is 220 g/mol. The molecule has 0 aliphatic heterocycles. The molecule has 1 unspecified atom stereocenters. The Morgan fingerprint density at radius 2 is 2.13 bits per heavy atom. The van der Waals surface area contributed by atoms with E-state index in [1.54, 1.807) is 12.3 Å². The molecule has 0 N–H and O–H groups in total. The van der Waals surface area contributed by atoms with Crippen LogP contribution in [0.2, 0.25) is 19.6 Å². The zero-order chi connectivity index (χ0) is 11.5. The number of rotatable bonds is 3. The van der Waals surface area contributed by atoms with E-state index >= 15 is 0 Å². The van der Waals surface area contributed by atoms with Crippen LogP contribution in [0.5, 0.6) is 0 Å². The minimum atomic E-state index is -1.53. The Morgan fingerprint density at radius 1 is 1.47 bits per heavy atom. The number of aromatic nitrogens is 1. The molecule has 0 bridgehead atoms. The normalized spacial score (nSPS) is 13.3. The van der Waals surface area contributed by atoms with Gasteiger partial charge < -0.3 is 4.43 Å². The first kappa shape index (κ1) is 11.9. The van der Waals surface area contributed by atoms with E-state index in [2.05, 4.69) is 24.6 Å². The van der Waals surface area contributed by atoms with E-state index in [4.69, 9.17) is 9.69 Å². The number of pyridine rings is 1. The predicted molar refractivity (Wildman–Crippen MR) is 61.8 cm³/mol. The maximum absolute atomic E-state index is 8.73. The average molecular weight is 220 g/mol. The Morgan fingerprint density at radius 3 is 2.67 bits per heavy atom. The van der Waals surface area contributed by atoms with Gasteiger partial charge in [-0.25, -0.2) is 4.98 Å². The van der Waals surface area contributed by atoms with E-state index < -0.39 is 8.32 Å². The molecule has 1 aromatic heterocycles. The lowest BCUT2D eigenvalue weighted by molar-refractivity contribution is 0.219. The third-order valence-corrected chi connectivity index (χ3v) is 2.96. The fourth-order valence-corrected chi connectivity index (χ4v) is 2.56. The highest BCUT2D eigenvalue weighted by Gasteiger charge is 2.19. The number of nitriles is 1. The summed E-state index contributed by atoms with van der Waals surface area (Å²) >= 11 is 0. The summed E-state index contributed by atoms with van der Waals surface area (Å²) in [6.07, 6.45) is 1.68. The molecule has 1 heterocycles. The Labute approximate surface area is 91.9 Å². The largest absolute Gasteiger partial charge is 0.411 e. The smallest absolute Gasteiger partial charge is 0.184 e. The molecule has 0 fully saturated rings. The summed E-state index contributed by atoms with van der Waals surface area (Å²) in [5, 5.41) is 8.73. The molecular weight excluding hydrogens is 204 g/mol. The fraction of sp³-hybridized carbons (Fsp3) is 0.455. The molecule has 1 rings (SSSR count). The molecule has 0 saturated carbocycles. The maximum atomic E-state index is 8.73. The molecule has 4 heteroatoms. The van der Waals surface area contributed by atoms with Gasteiger partial charge in [-0.05, 0) is 44.3 Å². The lowest BCUT2D eigenvalue weighted by Crippen LogP contribution is -2.26. The number of nitrogens with zero attached hydrogens (tertiary/aromatic N) is 2. The van der Waals surface area contributed by atoms with Gasteiger partial charge in [0.1, 0.15) is 11.8 Å². The summed E-state index contributed by atoms with van der Waals surface area (Å²) in [5.74, 6) is 0. The maximum Gasteiger partial charge on any atom is 0.184 e. The molecule has 0 aromatic carbocycles. The highest BCUT2D eigenvalue weighted by atomic mass is 28.4. The van der Waals surface area contributed by atoms with Crippen LogP contribution in [0.15, 0.2) is 18.3 Å². The Balaban J connectivity index is 2.83. The van der Waals surface area contributed by atoms with E-state index in [1.807, 2.05) is 19.1 Å². The van der Waals surface area contributed by atoms with E-state index in [9.17, 15) is 0 Å². The standard InChI is InChI=1S/C11H16N2OSi/c1-9(14-15(2,3)4)10-5-6-13-11(7-10)8-12/h5-7,9H,1-4H3. The second kappa shape index (κ2) is 4.56. The first-order valence-corrected chi connectivity index (χ1v) is 8.37. The predicted octanol–water partition coefficient (Wildman–Crippen LogP) is 2.87. The van der Waals surface area contributed by atoms with Gasteiger partial charge in [0.05, 0.1) is 6.10 Å². The van der Waals surface area contributed by atoms with Crippen molar-refractivity contribution in [3.8, 4) is 6.07 Å². The zero-order valence-electron chi connectivity index (χ0n) is 9.61. The molecule has 0 aliphatic carbocycles. The van der Waals surface area contributed by atoms with E-state index in [1.165, 1.54) is 0 Å². The molecule has 80 valence electrons. The van der Waals surface area contributed by atoms with Crippen LogP contribution >= 0.6 is 0 Å². The minimum absolute atomic E-state index is 0.0340. The molecule has 0 radical (unpaired) electrons. The highest BCUT2D eigenvalue weighted by Crippen LogP contribution is 2.21.